The summed E-state index contributed by atoms with van der Waals surface area (Å²) >= 11 is 3.32. The molecule has 2 aromatic carbocycles. The van der Waals surface area contributed by atoms with Gasteiger partial charge in [-0.2, -0.15) is 0 Å². The van der Waals surface area contributed by atoms with E-state index in [9.17, 15) is 4.79 Å². The zero-order chi connectivity index (χ0) is 15.4. The molecule has 6 heteroatoms. The Morgan fingerprint density at radius 2 is 1.71 bits per heavy atom. The average molecular weight is 351 g/mol. The first kappa shape index (κ1) is 15.2. The van der Waals surface area contributed by atoms with Crippen LogP contribution in [0.5, 0.6) is 11.5 Å². The second kappa shape index (κ2) is 6.49. The molecular weight excluding hydrogens is 336 g/mol. The average Bonchev–Trinajstić information content (AvgIpc) is 2.49. The standard InChI is InChI=1S/C15H15BrN2O3/c1-20-11-6-10(7-12(8-11)21-2)18-15(19)13-5-9(16)3-4-14(13)17/h3-8H,17H2,1-2H3,(H,18,19). The lowest BCUT2D eigenvalue weighted by atomic mass is 10.1. The summed E-state index contributed by atoms with van der Waals surface area (Å²) < 4.78 is 11.1. The number of ether oxygens (including phenoxy) is 2. The Hall–Kier alpha value is -2.21. The maximum Gasteiger partial charge on any atom is 0.257 e. The van der Waals surface area contributed by atoms with Crippen LogP contribution in [0.3, 0.4) is 0 Å². The van der Waals surface area contributed by atoms with Gasteiger partial charge in [-0.3, -0.25) is 4.79 Å². The molecule has 0 aliphatic rings. The summed E-state index contributed by atoms with van der Waals surface area (Å²) in [6.45, 7) is 0. The minimum Gasteiger partial charge on any atom is -0.497 e. The Bertz CT molecular complexity index is 652. The van der Waals surface area contributed by atoms with Crippen molar-refractivity contribution in [2.45, 2.75) is 0 Å². The van der Waals surface area contributed by atoms with Crippen molar-refractivity contribution >= 4 is 33.2 Å². The number of carbonyl (C=O) groups excluding carboxylic acids is 1. The number of nitrogen functional groups attached to an aromatic ring is 1. The molecule has 21 heavy (non-hydrogen) atoms. The number of methoxy groups -OCH3 is 2. The zero-order valence-corrected chi connectivity index (χ0v) is 13.2. The molecule has 0 saturated heterocycles. The summed E-state index contributed by atoms with van der Waals surface area (Å²) in [4.78, 5) is 12.3. The second-order valence-electron chi connectivity index (χ2n) is 4.29. The van der Waals surface area contributed by atoms with Gasteiger partial charge >= 0.3 is 0 Å². The molecule has 0 atom stereocenters. The molecule has 0 aromatic heterocycles. The minimum atomic E-state index is -0.302. The van der Waals surface area contributed by atoms with E-state index in [2.05, 4.69) is 21.2 Å². The van der Waals surface area contributed by atoms with E-state index in [1.165, 1.54) is 0 Å². The third kappa shape index (κ3) is 3.66. The van der Waals surface area contributed by atoms with Gasteiger partial charge in [0, 0.05) is 34.0 Å². The normalized spacial score (nSPS) is 10.0. The Labute approximate surface area is 131 Å². The van der Waals surface area contributed by atoms with Gasteiger partial charge in [0.1, 0.15) is 11.5 Å². The monoisotopic (exact) mass is 350 g/mol. The lowest BCUT2D eigenvalue weighted by Crippen LogP contribution is -2.14. The van der Waals surface area contributed by atoms with Gasteiger partial charge in [0.15, 0.2) is 0 Å². The second-order valence-corrected chi connectivity index (χ2v) is 5.20. The number of nitrogens with two attached hydrogens (primary N) is 1. The van der Waals surface area contributed by atoms with Gasteiger partial charge in [-0.15, -0.1) is 0 Å². The van der Waals surface area contributed by atoms with Crippen molar-refractivity contribution in [2.75, 3.05) is 25.3 Å². The first-order chi connectivity index (χ1) is 10.0. The maximum atomic E-state index is 12.3. The summed E-state index contributed by atoms with van der Waals surface area (Å²) in [7, 11) is 3.10. The van der Waals surface area contributed by atoms with E-state index in [1.807, 2.05) is 0 Å². The molecule has 0 aliphatic heterocycles. The predicted octanol–water partition coefficient (Wildman–Crippen LogP) is 3.30. The van der Waals surface area contributed by atoms with Crippen LogP contribution in [0.15, 0.2) is 40.9 Å². The molecule has 5 nitrogen and oxygen atoms in total. The molecule has 0 bridgehead atoms. The van der Waals surface area contributed by atoms with Crippen LogP contribution in [-0.4, -0.2) is 20.1 Å². The lowest BCUT2D eigenvalue weighted by molar-refractivity contribution is 0.102. The molecule has 0 heterocycles. The fraction of sp³-hybridized carbons (Fsp3) is 0.133. The molecule has 2 rings (SSSR count). The fourth-order valence-corrected chi connectivity index (χ4v) is 2.16. The van der Waals surface area contributed by atoms with Gasteiger partial charge in [0.05, 0.1) is 19.8 Å². The maximum absolute atomic E-state index is 12.3. The van der Waals surface area contributed by atoms with E-state index in [4.69, 9.17) is 15.2 Å². The molecule has 3 N–H and O–H groups in total. The van der Waals surface area contributed by atoms with Crippen molar-refractivity contribution in [3.63, 3.8) is 0 Å². The summed E-state index contributed by atoms with van der Waals surface area (Å²) in [5.74, 6) is 0.878. The number of benzene rings is 2. The van der Waals surface area contributed by atoms with Gasteiger partial charge in [-0.25, -0.2) is 0 Å². The largest absolute Gasteiger partial charge is 0.497 e. The number of amides is 1. The first-order valence-electron chi connectivity index (χ1n) is 6.13. The highest BCUT2D eigenvalue weighted by atomic mass is 79.9. The number of rotatable bonds is 4. The van der Waals surface area contributed by atoms with Crippen LogP contribution in [0.1, 0.15) is 10.4 Å². The van der Waals surface area contributed by atoms with E-state index in [0.717, 1.165) is 4.47 Å². The molecule has 0 unspecified atom stereocenters. The van der Waals surface area contributed by atoms with Crippen LogP contribution in [-0.2, 0) is 0 Å². The van der Waals surface area contributed by atoms with E-state index >= 15 is 0 Å². The highest BCUT2D eigenvalue weighted by molar-refractivity contribution is 9.10. The van der Waals surface area contributed by atoms with Gasteiger partial charge in [-0.05, 0) is 18.2 Å². The number of anilines is 2. The molecule has 2 aromatic rings. The van der Waals surface area contributed by atoms with Crippen LogP contribution in [0.25, 0.3) is 0 Å². The van der Waals surface area contributed by atoms with Crippen LogP contribution in [0.2, 0.25) is 0 Å². The molecule has 1 amide bonds. The predicted molar refractivity (Wildman–Crippen MR) is 86.1 cm³/mol. The quantitative estimate of drug-likeness (QED) is 0.829. The van der Waals surface area contributed by atoms with Crippen LogP contribution < -0.4 is 20.5 Å². The Morgan fingerprint density at radius 1 is 1.10 bits per heavy atom. The molecule has 110 valence electrons. The van der Waals surface area contributed by atoms with E-state index in [0.29, 0.717) is 28.4 Å². The van der Waals surface area contributed by atoms with Crippen LogP contribution in [0, 0.1) is 0 Å². The molecule has 0 saturated carbocycles. The third-order valence-electron chi connectivity index (χ3n) is 2.87. The smallest absolute Gasteiger partial charge is 0.257 e. The summed E-state index contributed by atoms with van der Waals surface area (Å²) in [6.07, 6.45) is 0. The van der Waals surface area contributed by atoms with Gasteiger partial charge in [0.2, 0.25) is 0 Å². The van der Waals surface area contributed by atoms with Crippen molar-refractivity contribution in [3.8, 4) is 11.5 Å². The van der Waals surface area contributed by atoms with Crippen molar-refractivity contribution in [3.05, 3.63) is 46.4 Å². The molecule has 0 spiro atoms. The van der Waals surface area contributed by atoms with E-state index in [1.54, 1.807) is 50.6 Å². The van der Waals surface area contributed by atoms with Crippen LogP contribution in [0.4, 0.5) is 11.4 Å². The molecule has 0 fully saturated rings. The summed E-state index contributed by atoms with van der Waals surface area (Å²) in [5, 5.41) is 2.78. The van der Waals surface area contributed by atoms with E-state index in [-0.39, 0.29) is 5.91 Å². The van der Waals surface area contributed by atoms with Crippen molar-refractivity contribution in [2.24, 2.45) is 0 Å². The third-order valence-corrected chi connectivity index (χ3v) is 3.36. The lowest BCUT2D eigenvalue weighted by Gasteiger charge is -2.11. The molecular formula is C15H15BrN2O3. The van der Waals surface area contributed by atoms with Crippen LogP contribution >= 0.6 is 15.9 Å². The summed E-state index contributed by atoms with van der Waals surface area (Å²) in [5.41, 5.74) is 7.19. The number of carbonyl (C=O) groups is 1. The molecule has 0 radical (unpaired) electrons. The van der Waals surface area contributed by atoms with E-state index < -0.39 is 0 Å². The molecule has 0 aliphatic carbocycles. The number of halogens is 1. The number of hydrogen-bond donors (Lipinski definition) is 2. The Balaban J connectivity index is 2.28. The fourth-order valence-electron chi connectivity index (χ4n) is 1.80. The van der Waals surface area contributed by atoms with Crippen molar-refractivity contribution < 1.29 is 14.3 Å². The van der Waals surface area contributed by atoms with Gasteiger partial charge in [0.25, 0.3) is 5.91 Å². The highest BCUT2D eigenvalue weighted by Crippen LogP contribution is 2.27. The first-order valence-corrected chi connectivity index (χ1v) is 6.92. The highest BCUT2D eigenvalue weighted by Gasteiger charge is 2.12. The Morgan fingerprint density at radius 3 is 2.29 bits per heavy atom. The van der Waals surface area contributed by atoms with Crippen molar-refractivity contribution in [1.82, 2.24) is 0 Å². The SMILES string of the molecule is COc1cc(NC(=O)c2cc(Br)ccc2N)cc(OC)c1. The minimum absolute atomic E-state index is 0.302. The van der Waals surface area contributed by atoms with Crippen molar-refractivity contribution in [1.29, 1.82) is 0 Å². The van der Waals surface area contributed by atoms with Gasteiger partial charge < -0.3 is 20.5 Å². The van der Waals surface area contributed by atoms with Gasteiger partial charge in [-0.1, -0.05) is 15.9 Å². The topological polar surface area (TPSA) is 73.6 Å². The Kier molecular flexibility index (Phi) is 4.70. The number of hydrogen-bond acceptors (Lipinski definition) is 4. The zero-order valence-electron chi connectivity index (χ0n) is 11.6. The summed E-state index contributed by atoms with van der Waals surface area (Å²) in [6, 6.07) is 10.3. The number of nitrogens with one attached hydrogen (secondary N) is 1.